The number of halogens is 3. The van der Waals surface area contributed by atoms with E-state index in [9.17, 15) is 18.3 Å². The molecular formula is C9H9F3OS. The van der Waals surface area contributed by atoms with Crippen molar-refractivity contribution < 1.29 is 18.3 Å². The highest BCUT2D eigenvalue weighted by Crippen LogP contribution is 2.32. The van der Waals surface area contributed by atoms with Crippen LogP contribution in [-0.2, 0) is 0 Å². The van der Waals surface area contributed by atoms with Gasteiger partial charge in [-0.2, -0.15) is 13.2 Å². The van der Waals surface area contributed by atoms with Gasteiger partial charge >= 0.3 is 6.18 Å². The molecule has 0 atom stereocenters. The molecule has 1 aromatic carbocycles. The van der Waals surface area contributed by atoms with E-state index >= 15 is 0 Å². The van der Waals surface area contributed by atoms with Crippen molar-refractivity contribution in [2.24, 2.45) is 0 Å². The molecule has 0 saturated carbocycles. The second-order valence-corrected chi connectivity index (χ2v) is 3.82. The molecular weight excluding hydrogens is 213 g/mol. The maximum absolute atomic E-state index is 11.9. The van der Waals surface area contributed by atoms with Gasteiger partial charge in [0.2, 0.25) is 0 Å². The molecule has 0 fully saturated rings. The zero-order chi connectivity index (χ0) is 10.8. The molecule has 0 aliphatic heterocycles. The summed E-state index contributed by atoms with van der Waals surface area (Å²) >= 11 is 0.683. The minimum absolute atomic E-state index is 0.0252. The summed E-state index contributed by atoms with van der Waals surface area (Å²) in [5.74, 6) is -0.908. The van der Waals surface area contributed by atoms with E-state index in [-0.39, 0.29) is 5.75 Å². The van der Waals surface area contributed by atoms with E-state index in [1.807, 2.05) is 0 Å². The zero-order valence-corrected chi connectivity index (χ0v) is 8.25. The Kier molecular flexibility index (Phi) is 3.31. The molecule has 5 heteroatoms. The molecule has 1 rings (SSSR count). The Morgan fingerprint density at radius 2 is 2.00 bits per heavy atom. The van der Waals surface area contributed by atoms with Crippen molar-refractivity contribution in [3.8, 4) is 5.75 Å². The van der Waals surface area contributed by atoms with Gasteiger partial charge in [-0.3, -0.25) is 0 Å². The van der Waals surface area contributed by atoms with Crippen molar-refractivity contribution in [1.29, 1.82) is 0 Å². The molecule has 0 aliphatic carbocycles. The standard InChI is InChI=1S/C9H9F3OS/c1-6-7(13)3-2-4-8(6)14-5-9(10,11)12/h2-4,13H,5H2,1H3. The summed E-state index contributed by atoms with van der Waals surface area (Å²) in [6.45, 7) is 1.59. The molecule has 14 heavy (non-hydrogen) atoms. The third-order valence-electron chi connectivity index (χ3n) is 1.65. The van der Waals surface area contributed by atoms with Gasteiger partial charge in [-0.1, -0.05) is 6.07 Å². The first kappa shape index (κ1) is 11.2. The van der Waals surface area contributed by atoms with E-state index < -0.39 is 11.9 Å². The van der Waals surface area contributed by atoms with Gasteiger partial charge in [0.15, 0.2) is 0 Å². The molecule has 0 heterocycles. The van der Waals surface area contributed by atoms with Crippen molar-refractivity contribution in [1.82, 2.24) is 0 Å². The van der Waals surface area contributed by atoms with Crippen LogP contribution in [0.3, 0.4) is 0 Å². The van der Waals surface area contributed by atoms with Crippen molar-refractivity contribution in [2.75, 3.05) is 5.75 Å². The van der Waals surface area contributed by atoms with Gasteiger partial charge in [0, 0.05) is 10.5 Å². The number of aromatic hydroxyl groups is 1. The fourth-order valence-corrected chi connectivity index (χ4v) is 1.73. The topological polar surface area (TPSA) is 20.2 Å². The molecule has 0 unspecified atom stereocenters. The van der Waals surface area contributed by atoms with E-state index in [2.05, 4.69) is 0 Å². The van der Waals surface area contributed by atoms with Gasteiger partial charge in [-0.15, -0.1) is 11.8 Å². The number of phenols is 1. The summed E-state index contributed by atoms with van der Waals surface area (Å²) in [4.78, 5) is 0.460. The summed E-state index contributed by atoms with van der Waals surface area (Å²) < 4.78 is 35.7. The number of benzene rings is 1. The summed E-state index contributed by atoms with van der Waals surface area (Å²) in [6.07, 6.45) is -4.18. The Hall–Kier alpha value is -0.840. The lowest BCUT2D eigenvalue weighted by atomic mass is 10.2. The molecule has 1 aromatic rings. The molecule has 0 bridgehead atoms. The first-order valence-electron chi connectivity index (χ1n) is 3.88. The summed E-state index contributed by atoms with van der Waals surface area (Å²) in [7, 11) is 0. The van der Waals surface area contributed by atoms with Crippen LogP contribution in [-0.4, -0.2) is 17.0 Å². The third kappa shape index (κ3) is 3.14. The summed E-state index contributed by atoms with van der Waals surface area (Å²) in [5, 5.41) is 9.23. The van der Waals surface area contributed by atoms with E-state index in [1.54, 1.807) is 13.0 Å². The van der Waals surface area contributed by atoms with E-state index in [0.29, 0.717) is 22.2 Å². The minimum Gasteiger partial charge on any atom is -0.508 e. The fraction of sp³-hybridized carbons (Fsp3) is 0.333. The van der Waals surface area contributed by atoms with Crippen LogP contribution in [0, 0.1) is 6.92 Å². The van der Waals surface area contributed by atoms with Crippen LogP contribution >= 0.6 is 11.8 Å². The minimum atomic E-state index is -4.18. The average molecular weight is 222 g/mol. The second kappa shape index (κ2) is 4.13. The Balaban J connectivity index is 2.73. The highest BCUT2D eigenvalue weighted by atomic mass is 32.2. The summed E-state index contributed by atoms with van der Waals surface area (Å²) in [6, 6.07) is 4.54. The van der Waals surface area contributed by atoms with Crippen LogP contribution < -0.4 is 0 Å². The van der Waals surface area contributed by atoms with Gasteiger partial charge < -0.3 is 5.11 Å². The molecule has 1 N–H and O–H groups in total. The molecule has 0 aliphatic rings. The second-order valence-electron chi connectivity index (χ2n) is 2.80. The van der Waals surface area contributed by atoms with Gasteiger partial charge in [0.25, 0.3) is 0 Å². The van der Waals surface area contributed by atoms with Crippen molar-refractivity contribution in [2.45, 2.75) is 18.0 Å². The van der Waals surface area contributed by atoms with E-state index in [0.717, 1.165) is 0 Å². The van der Waals surface area contributed by atoms with Crippen LogP contribution in [0.2, 0.25) is 0 Å². The maximum Gasteiger partial charge on any atom is 0.398 e. The lowest BCUT2D eigenvalue weighted by Gasteiger charge is -2.08. The Morgan fingerprint density at radius 1 is 1.36 bits per heavy atom. The summed E-state index contributed by atoms with van der Waals surface area (Å²) in [5.41, 5.74) is 0.488. The Labute approximate surface area is 83.9 Å². The number of hydrogen-bond donors (Lipinski definition) is 1. The van der Waals surface area contributed by atoms with Crippen LogP contribution in [0.1, 0.15) is 5.56 Å². The highest BCUT2D eigenvalue weighted by molar-refractivity contribution is 7.99. The Bertz CT molecular complexity index is 322. The molecule has 0 saturated heterocycles. The van der Waals surface area contributed by atoms with Crippen molar-refractivity contribution in [3.63, 3.8) is 0 Å². The SMILES string of the molecule is Cc1c(O)cccc1SCC(F)(F)F. The fourth-order valence-electron chi connectivity index (χ4n) is 0.919. The maximum atomic E-state index is 11.9. The molecule has 0 aromatic heterocycles. The largest absolute Gasteiger partial charge is 0.508 e. The molecule has 1 nitrogen and oxygen atoms in total. The average Bonchev–Trinajstić information content (AvgIpc) is 2.06. The first-order chi connectivity index (χ1) is 6.40. The number of phenolic OH excluding ortho intramolecular Hbond substituents is 1. The van der Waals surface area contributed by atoms with Crippen LogP contribution in [0.25, 0.3) is 0 Å². The molecule has 0 radical (unpaired) electrons. The predicted molar refractivity (Wildman–Crippen MR) is 49.6 cm³/mol. The lowest BCUT2D eigenvalue weighted by molar-refractivity contribution is -0.105. The first-order valence-corrected chi connectivity index (χ1v) is 4.87. The van der Waals surface area contributed by atoms with Gasteiger partial charge in [-0.25, -0.2) is 0 Å². The molecule has 0 spiro atoms. The van der Waals surface area contributed by atoms with Gasteiger partial charge in [-0.05, 0) is 19.1 Å². The van der Waals surface area contributed by atoms with Gasteiger partial charge in [0.1, 0.15) is 5.75 Å². The molecule has 0 amide bonds. The van der Waals surface area contributed by atoms with E-state index in [1.165, 1.54) is 12.1 Å². The molecule has 78 valence electrons. The van der Waals surface area contributed by atoms with Crippen LogP contribution in [0.15, 0.2) is 23.1 Å². The monoisotopic (exact) mass is 222 g/mol. The quantitative estimate of drug-likeness (QED) is 0.774. The predicted octanol–water partition coefficient (Wildman–Crippen LogP) is 3.36. The normalized spacial score (nSPS) is 11.7. The van der Waals surface area contributed by atoms with Crippen LogP contribution in [0.4, 0.5) is 13.2 Å². The van der Waals surface area contributed by atoms with Crippen molar-refractivity contribution in [3.05, 3.63) is 23.8 Å². The number of rotatable bonds is 2. The van der Waals surface area contributed by atoms with Crippen molar-refractivity contribution >= 4 is 11.8 Å². The Morgan fingerprint density at radius 3 is 2.57 bits per heavy atom. The van der Waals surface area contributed by atoms with E-state index in [4.69, 9.17) is 0 Å². The number of alkyl halides is 3. The zero-order valence-electron chi connectivity index (χ0n) is 7.43. The van der Waals surface area contributed by atoms with Crippen LogP contribution in [0.5, 0.6) is 5.75 Å². The smallest absolute Gasteiger partial charge is 0.398 e. The lowest BCUT2D eigenvalue weighted by Crippen LogP contribution is -2.10. The number of thioether (sulfide) groups is 1. The highest BCUT2D eigenvalue weighted by Gasteiger charge is 2.27. The third-order valence-corrected chi connectivity index (χ3v) is 2.87. The van der Waals surface area contributed by atoms with Gasteiger partial charge in [0.05, 0.1) is 5.75 Å². The number of hydrogen-bond acceptors (Lipinski definition) is 2.